The number of fused-ring (bicyclic) bond motifs is 3. The zero-order valence-corrected chi connectivity index (χ0v) is 29.4. The highest BCUT2D eigenvalue weighted by atomic mass is 32.2. The number of primary amides is 1. The normalized spacial score (nSPS) is 26.6. The highest BCUT2D eigenvalue weighted by molar-refractivity contribution is 7.83. The number of phenolic OH excluding ortho intramolecular Hbond substituents is 1. The molecule has 0 aromatic heterocycles. The lowest BCUT2D eigenvalue weighted by molar-refractivity contribution is -0.159. The van der Waals surface area contributed by atoms with Gasteiger partial charge < -0.3 is 31.3 Å². The van der Waals surface area contributed by atoms with Crippen LogP contribution in [0.15, 0.2) is 35.1 Å². The molecule has 5 atom stereocenters. The number of aromatic hydroxyl groups is 1. The number of carbonyl (C=O) groups is 3. The van der Waals surface area contributed by atoms with Crippen LogP contribution in [0.3, 0.4) is 0 Å². The molecule has 14 nitrogen and oxygen atoms in total. The standard InChI is InChI=1S/C22H24N2O8.C12H27NO3S/c1-21(31)8-5-4-6-11(25)12(8)16(26)13-9(21)7-10-15(24(2)3)17(27)14(20(23)30)19(29)22(10,32)18(13)28;1-2-3-4-5-6-7-8-9-10-11-12-13-17(14,15)16/h4-6,9-10,15,25-26,29,31-32H,7H2,1-3H3,(H2,23,30);13H,2-12H2,1H3,(H,14,15,16)/t9-,10-,15-,21+,22-;/m0./s1. The molecule has 4 rings (SSSR count). The number of Topliss-reactive ketones (excluding diaryl/α,β-unsaturated/α-hetero) is 2. The molecule has 49 heavy (non-hydrogen) atoms. The van der Waals surface area contributed by atoms with E-state index < -0.39 is 85.3 Å². The number of nitrogens with one attached hydrogen (secondary N) is 1. The van der Waals surface area contributed by atoms with Crippen LogP contribution in [-0.2, 0) is 30.3 Å². The van der Waals surface area contributed by atoms with Crippen molar-refractivity contribution in [3.8, 4) is 5.75 Å². The van der Waals surface area contributed by atoms with E-state index in [1.807, 2.05) is 0 Å². The number of hydrogen-bond acceptors (Lipinski definition) is 11. The molecule has 0 saturated heterocycles. The van der Waals surface area contributed by atoms with Gasteiger partial charge in [-0.3, -0.25) is 23.8 Å². The number of carbonyl (C=O) groups excluding carboxylic acids is 3. The van der Waals surface area contributed by atoms with Crippen molar-refractivity contribution in [3.05, 3.63) is 46.2 Å². The first-order chi connectivity index (χ1) is 22.8. The van der Waals surface area contributed by atoms with Crippen molar-refractivity contribution in [1.82, 2.24) is 9.62 Å². The number of ketones is 2. The Labute approximate surface area is 287 Å². The Bertz CT molecular complexity index is 1580. The van der Waals surface area contributed by atoms with Crippen molar-refractivity contribution in [3.63, 3.8) is 0 Å². The van der Waals surface area contributed by atoms with E-state index in [9.17, 15) is 48.3 Å². The number of nitrogens with two attached hydrogens (primary N) is 1. The van der Waals surface area contributed by atoms with E-state index in [1.165, 1.54) is 89.1 Å². The van der Waals surface area contributed by atoms with Crippen LogP contribution in [0.25, 0.3) is 5.76 Å². The first-order valence-electron chi connectivity index (χ1n) is 16.8. The number of aliphatic hydroxyl groups excluding tert-OH is 2. The topological polar surface area (TPSA) is 248 Å². The van der Waals surface area contributed by atoms with Gasteiger partial charge in [-0.1, -0.05) is 76.8 Å². The van der Waals surface area contributed by atoms with Gasteiger partial charge in [-0.15, -0.1) is 0 Å². The van der Waals surface area contributed by atoms with Crippen LogP contribution in [0.2, 0.25) is 0 Å². The third kappa shape index (κ3) is 8.35. The average Bonchev–Trinajstić information content (AvgIpc) is 3.00. The van der Waals surface area contributed by atoms with Gasteiger partial charge >= 0.3 is 10.3 Å². The second kappa shape index (κ2) is 16.1. The van der Waals surface area contributed by atoms with Gasteiger partial charge in [0.05, 0.1) is 17.2 Å². The van der Waals surface area contributed by atoms with Gasteiger partial charge in [0.1, 0.15) is 22.8 Å². The largest absolute Gasteiger partial charge is 0.508 e. The fraction of sp³-hybridized carbons (Fsp3) is 0.618. The summed E-state index contributed by atoms with van der Waals surface area (Å²) in [5, 5.41) is 54.9. The Morgan fingerprint density at radius 3 is 2.04 bits per heavy atom. The number of phenols is 1. The molecular formula is C34H51N3O11S. The summed E-state index contributed by atoms with van der Waals surface area (Å²) in [6.45, 7) is 3.97. The molecule has 0 aliphatic heterocycles. The Kier molecular flexibility index (Phi) is 13.2. The SMILES string of the molecule is CCCCCCCCCCCCNS(=O)(=O)O.CN(C)[C@@H]1C(=O)C(C(N)=O)=C(O)[C@@]2(O)C(=O)C3=C(O)c4c(O)cccc4[C@@](C)(O)[C@H]3C[C@@H]12. The maximum atomic E-state index is 13.7. The maximum Gasteiger partial charge on any atom is 0.333 e. The van der Waals surface area contributed by atoms with E-state index in [4.69, 9.17) is 10.3 Å². The zero-order valence-electron chi connectivity index (χ0n) is 28.6. The number of benzene rings is 1. The van der Waals surface area contributed by atoms with Crippen molar-refractivity contribution in [2.75, 3.05) is 20.6 Å². The summed E-state index contributed by atoms with van der Waals surface area (Å²) in [4.78, 5) is 40.0. The minimum absolute atomic E-state index is 0.170. The molecule has 15 heteroatoms. The van der Waals surface area contributed by atoms with Crippen molar-refractivity contribution in [2.24, 2.45) is 17.6 Å². The summed E-state index contributed by atoms with van der Waals surface area (Å²) < 4.78 is 31.2. The maximum absolute atomic E-state index is 13.7. The van der Waals surface area contributed by atoms with Gasteiger partial charge in [-0.25, -0.2) is 0 Å². The van der Waals surface area contributed by atoms with Crippen LogP contribution in [-0.4, -0.2) is 93.2 Å². The highest BCUT2D eigenvalue weighted by Crippen LogP contribution is 2.57. The number of likely N-dealkylation sites (N-methyl/N-ethyl adjacent to an activating group) is 1. The Hall–Kier alpha value is -3.34. The molecule has 1 saturated carbocycles. The molecule has 1 aromatic carbocycles. The summed E-state index contributed by atoms with van der Waals surface area (Å²) in [6, 6.07) is 3.02. The molecule has 0 spiro atoms. The number of unbranched alkanes of at least 4 members (excludes halogenated alkanes) is 9. The molecule has 1 amide bonds. The number of hydrogen-bond donors (Lipinski definition) is 8. The molecule has 0 heterocycles. The van der Waals surface area contributed by atoms with Crippen molar-refractivity contribution >= 4 is 33.5 Å². The second-order valence-corrected chi connectivity index (χ2v) is 14.8. The lowest BCUT2D eigenvalue weighted by atomic mass is 9.54. The molecule has 1 aromatic rings. The predicted octanol–water partition coefficient (Wildman–Crippen LogP) is 2.93. The van der Waals surface area contributed by atoms with E-state index >= 15 is 0 Å². The Morgan fingerprint density at radius 2 is 1.53 bits per heavy atom. The summed E-state index contributed by atoms with van der Waals surface area (Å²) >= 11 is 0. The van der Waals surface area contributed by atoms with E-state index in [1.54, 1.807) is 0 Å². The molecule has 1 fully saturated rings. The van der Waals surface area contributed by atoms with E-state index in [-0.39, 0.29) is 17.5 Å². The lowest BCUT2D eigenvalue weighted by Gasteiger charge is -2.53. The van der Waals surface area contributed by atoms with E-state index in [0.29, 0.717) is 6.54 Å². The van der Waals surface area contributed by atoms with Gasteiger partial charge in [0, 0.05) is 24.0 Å². The summed E-state index contributed by atoms with van der Waals surface area (Å²) in [5.41, 5.74) is -0.548. The minimum Gasteiger partial charge on any atom is -0.508 e. The highest BCUT2D eigenvalue weighted by Gasteiger charge is 2.66. The molecule has 3 aliphatic rings. The fourth-order valence-corrected chi connectivity index (χ4v) is 7.72. The lowest BCUT2D eigenvalue weighted by Crippen LogP contribution is -2.67. The molecule has 0 bridgehead atoms. The van der Waals surface area contributed by atoms with E-state index in [0.717, 1.165) is 19.3 Å². The second-order valence-electron chi connectivity index (χ2n) is 13.5. The van der Waals surface area contributed by atoms with Gasteiger partial charge in [0.2, 0.25) is 5.78 Å². The number of rotatable bonds is 14. The number of nitrogens with zero attached hydrogens (tertiary/aromatic N) is 1. The molecule has 0 unspecified atom stereocenters. The monoisotopic (exact) mass is 709 g/mol. The van der Waals surface area contributed by atoms with Crippen LogP contribution in [0.1, 0.15) is 95.6 Å². The summed E-state index contributed by atoms with van der Waals surface area (Å²) in [6.07, 6.45) is 12.0. The van der Waals surface area contributed by atoms with Crippen molar-refractivity contribution < 1.29 is 52.9 Å². The van der Waals surface area contributed by atoms with Crippen LogP contribution in [0.4, 0.5) is 0 Å². The molecular weight excluding hydrogens is 658 g/mol. The van der Waals surface area contributed by atoms with Gasteiger partial charge in [0.25, 0.3) is 5.91 Å². The van der Waals surface area contributed by atoms with Crippen LogP contribution in [0.5, 0.6) is 5.75 Å². The average molecular weight is 710 g/mol. The van der Waals surface area contributed by atoms with Crippen LogP contribution >= 0.6 is 0 Å². The minimum atomic E-state index is -3.98. The zero-order chi connectivity index (χ0) is 36.9. The Morgan fingerprint density at radius 1 is 0.980 bits per heavy atom. The smallest absolute Gasteiger partial charge is 0.333 e. The van der Waals surface area contributed by atoms with Crippen LogP contribution < -0.4 is 10.5 Å². The van der Waals surface area contributed by atoms with Crippen molar-refractivity contribution in [1.29, 1.82) is 0 Å². The molecule has 3 aliphatic carbocycles. The first-order valence-corrected chi connectivity index (χ1v) is 18.2. The number of amides is 1. The molecule has 0 radical (unpaired) electrons. The third-order valence-corrected chi connectivity index (χ3v) is 10.4. The van der Waals surface area contributed by atoms with Gasteiger partial charge in [-0.05, 0) is 45.5 Å². The predicted molar refractivity (Wildman–Crippen MR) is 182 cm³/mol. The van der Waals surface area contributed by atoms with Crippen molar-refractivity contribution in [2.45, 2.75) is 102 Å². The third-order valence-electron chi connectivity index (χ3n) is 9.84. The van der Waals surface area contributed by atoms with E-state index in [2.05, 4.69) is 11.6 Å². The molecule has 9 N–H and O–H groups in total. The summed E-state index contributed by atoms with van der Waals surface area (Å²) in [7, 11) is -0.977. The fourth-order valence-electron chi connectivity index (χ4n) is 7.32. The summed E-state index contributed by atoms with van der Waals surface area (Å²) in [5.74, 6) is -7.90. The van der Waals surface area contributed by atoms with Crippen LogP contribution in [0, 0.1) is 11.8 Å². The molecule has 274 valence electrons. The van der Waals surface area contributed by atoms with Gasteiger partial charge in [0.15, 0.2) is 11.4 Å². The first kappa shape index (κ1) is 40.1. The quantitative estimate of drug-likeness (QED) is 0.0789. The van der Waals surface area contributed by atoms with Gasteiger partial charge in [-0.2, -0.15) is 13.1 Å². The Balaban J connectivity index is 0.000000326. The number of aliphatic hydroxyl groups is 4.